The van der Waals surface area contributed by atoms with Gasteiger partial charge in [0.05, 0.1) is 18.5 Å². The van der Waals surface area contributed by atoms with Crippen molar-refractivity contribution in [1.29, 1.82) is 0 Å². The first-order valence-corrected chi connectivity index (χ1v) is 9.86. The van der Waals surface area contributed by atoms with Crippen molar-refractivity contribution >= 4 is 29.2 Å². The van der Waals surface area contributed by atoms with Gasteiger partial charge in [-0.05, 0) is 35.9 Å². The largest absolute Gasteiger partial charge is 0.493 e. The number of anilines is 1. The molecular formula is C22H17ClN2O6. The topological polar surface area (TPSA) is 99.0 Å². The molecule has 0 spiro atoms. The number of aromatic carboxylic acids is 1. The van der Waals surface area contributed by atoms with E-state index in [1.807, 2.05) is 6.07 Å². The molecule has 3 aromatic rings. The number of hydrogen-bond donors (Lipinski definition) is 2. The molecule has 0 aliphatic carbocycles. The van der Waals surface area contributed by atoms with Crippen LogP contribution in [0.4, 0.5) is 5.69 Å². The van der Waals surface area contributed by atoms with Gasteiger partial charge in [0, 0.05) is 29.2 Å². The van der Waals surface area contributed by atoms with Crippen LogP contribution < -0.4 is 19.5 Å². The molecule has 2 aliphatic heterocycles. The van der Waals surface area contributed by atoms with Gasteiger partial charge in [0.1, 0.15) is 5.56 Å². The molecule has 1 atom stereocenters. The van der Waals surface area contributed by atoms with Gasteiger partial charge in [-0.1, -0.05) is 17.7 Å². The zero-order valence-corrected chi connectivity index (χ0v) is 17.1. The van der Waals surface area contributed by atoms with Crippen LogP contribution in [0.2, 0.25) is 5.02 Å². The Morgan fingerprint density at radius 3 is 2.87 bits per heavy atom. The number of carboxylic acids is 1. The molecule has 158 valence electrons. The van der Waals surface area contributed by atoms with Gasteiger partial charge in [-0.3, -0.25) is 4.79 Å². The highest BCUT2D eigenvalue weighted by molar-refractivity contribution is 6.30. The molecular weight excluding hydrogens is 424 g/mol. The summed E-state index contributed by atoms with van der Waals surface area (Å²) in [6.07, 6.45) is 1.63. The second-order valence-electron chi connectivity index (χ2n) is 7.22. The number of amides is 1. The average Bonchev–Trinajstić information content (AvgIpc) is 3.37. The van der Waals surface area contributed by atoms with Crippen molar-refractivity contribution in [3.05, 3.63) is 64.4 Å². The number of halogens is 1. The second-order valence-corrected chi connectivity index (χ2v) is 7.66. The van der Waals surface area contributed by atoms with Crippen LogP contribution >= 0.6 is 11.6 Å². The summed E-state index contributed by atoms with van der Waals surface area (Å²) in [6, 6.07) is 10.7. The van der Waals surface area contributed by atoms with Gasteiger partial charge in [0.25, 0.3) is 0 Å². The van der Waals surface area contributed by atoms with Crippen LogP contribution in [0.5, 0.6) is 17.2 Å². The number of ether oxygens (including phenoxy) is 3. The van der Waals surface area contributed by atoms with E-state index in [0.29, 0.717) is 33.7 Å². The third-order valence-electron chi connectivity index (χ3n) is 5.43. The molecule has 1 aromatic heterocycles. The first-order chi connectivity index (χ1) is 15.0. The zero-order chi connectivity index (χ0) is 21.7. The molecule has 0 saturated carbocycles. The summed E-state index contributed by atoms with van der Waals surface area (Å²) >= 11 is 6.18. The zero-order valence-electron chi connectivity index (χ0n) is 16.3. The van der Waals surface area contributed by atoms with Gasteiger partial charge in [-0.2, -0.15) is 0 Å². The Balaban J connectivity index is 1.75. The van der Waals surface area contributed by atoms with Crippen molar-refractivity contribution in [3.63, 3.8) is 0 Å². The van der Waals surface area contributed by atoms with E-state index in [1.165, 1.54) is 13.3 Å². The van der Waals surface area contributed by atoms with Crippen molar-refractivity contribution < 1.29 is 28.9 Å². The Labute approximate surface area is 181 Å². The Morgan fingerprint density at radius 1 is 1.29 bits per heavy atom. The van der Waals surface area contributed by atoms with Crippen molar-refractivity contribution in [2.24, 2.45) is 0 Å². The van der Waals surface area contributed by atoms with E-state index in [4.69, 9.17) is 25.8 Å². The van der Waals surface area contributed by atoms with Gasteiger partial charge >= 0.3 is 5.97 Å². The number of carboxylic acid groups (broad SMARTS) is 1. The summed E-state index contributed by atoms with van der Waals surface area (Å²) in [5.41, 5.74) is 2.34. The number of nitrogens with zero attached hydrogens (tertiary/aromatic N) is 1. The fourth-order valence-electron chi connectivity index (χ4n) is 4.10. The maximum atomic E-state index is 12.6. The van der Waals surface area contributed by atoms with Crippen molar-refractivity contribution in [2.45, 2.75) is 12.3 Å². The van der Waals surface area contributed by atoms with E-state index >= 15 is 0 Å². The number of hydrogen-bond acceptors (Lipinski definition) is 5. The van der Waals surface area contributed by atoms with Crippen LogP contribution in [0.15, 0.2) is 42.6 Å². The van der Waals surface area contributed by atoms with E-state index in [0.717, 1.165) is 5.56 Å². The average molecular weight is 441 g/mol. The van der Waals surface area contributed by atoms with Crippen molar-refractivity contribution in [2.75, 3.05) is 19.2 Å². The van der Waals surface area contributed by atoms with Gasteiger partial charge < -0.3 is 29.2 Å². The highest BCUT2D eigenvalue weighted by Crippen LogP contribution is 2.48. The lowest BCUT2D eigenvalue weighted by atomic mass is 9.87. The fourth-order valence-corrected chi connectivity index (χ4v) is 4.28. The maximum absolute atomic E-state index is 12.6. The van der Waals surface area contributed by atoms with E-state index in [-0.39, 0.29) is 30.4 Å². The van der Waals surface area contributed by atoms with Crippen LogP contribution in [-0.4, -0.2) is 35.5 Å². The van der Waals surface area contributed by atoms with E-state index in [9.17, 15) is 14.7 Å². The molecule has 1 amide bonds. The third kappa shape index (κ3) is 3.16. The smallest absolute Gasteiger partial charge is 0.339 e. The molecule has 3 heterocycles. The number of carbonyl (C=O) groups is 2. The number of aromatic nitrogens is 1. The monoisotopic (exact) mass is 440 g/mol. The lowest BCUT2D eigenvalue weighted by Gasteiger charge is -2.26. The molecule has 8 nitrogen and oxygen atoms in total. The minimum absolute atomic E-state index is 0.000679. The highest BCUT2D eigenvalue weighted by Gasteiger charge is 2.36. The minimum Gasteiger partial charge on any atom is -0.493 e. The summed E-state index contributed by atoms with van der Waals surface area (Å²) in [4.78, 5) is 24.5. The van der Waals surface area contributed by atoms with Crippen LogP contribution in [0.25, 0.3) is 5.69 Å². The molecule has 2 N–H and O–H groups in total. The first kappa shape index (κ1) is 19.3. The third-order valence-corrected chi connectivity index (χ3v) is 5.66. The first-order valence-electron chi connectivity index (χ1n) is 9.48. The van der Waals surface area contributed by atoms with Crippen LogP contribution in [0.1, 0.15) is 34.0 Å². The van der Waals surface area contributed by atoms with Crippen molar-refractivity contribution in [1.82, 2.24) is 4.57 Å². The molecule has 2 aromatic carbocycles. The molecule has 2 aliphatic rings. The van der Waals surface area contributed by atoms with Gasteiger partial charge in [-0.15, -0.1) is 0 Å². The van der Waals surface area contributed by atoms with E-state index in [2.05, 4.69) is 5.32 Å². The molecule has 0 saturated heterocycles. The van der Waals surface area contributed by atoms with Gasteiger partial charge in [0.15, 0.2) is 11.5 Å². The van der Waals surface area contributed by atoms with Gasteiger partial charge in [-0.25, -0.2) is 4.79 Å². The second kappa shape index (κ2) is 7.24. The molecule has 0 unspecified atom stereocenters. The maximum Gasteiger partial charge on any atom is 0.339 e. The number of methoxy groups -OCH3 is 1. The Kier molecular flexibility index (Phi) is 4.51. The SMILES string of the molecule is COc1cc([C@H]2CC(=O)Nc3c(C(=O)O)cn(-c4cccc(Cl)c4)c32)cc2c1OCO2. The molecule has 5 rings (SSSR count). The fraction of sp³-hybridized carbons (Fsp3) is 0.182. The summed E-state index contributed by atoms with van der Waals surface area (Å²) in [5, 5.41) is 13.0. The summed E-state index contributed by atoms with van der Waals surface area (Å²) in [6.45, 7) is 0.0770. The predicted octanol–water partition coefficient (Wildman–Crippen LogP) is 4.04. The molecule has 0 radical (unpaired) electrons. The number of rotatable bonds is 4. The van der Waals surface area contributed by atoms with Gasteiger partial charge in [0.2, 0.25) is 18.4 Å². The van der Waals surface area contributed by atoms with Crippen LogP contribution in [-0.2, 0) is 4.79 Å². The summed E-state index contributed by atoms with van der Waals surface area (Å²) in [5.74, 6) is -0.359. The molecule has 9 heteroatoms. The van der Waals surface area contributed by atoms with Crippen molar-refractivity contribution in [3.8, 4) is 22.9 Å². The normalized spacial score (nSPS) is 16.6. The Bertz CT molecular complexity index is 1230. The van der Waals surface area contributed by atoms with E-state index in [1.54, 1.807) is 34.9 Å². The number of carbonyl (C=O) groups excluding carboxylic acids is 1. The Morgan fingerprint density at radius 2 is 2.13 bits per heavy atom. The van der Waals surface area contributed by atoms with Crippen LogP contribution in [0.3, 0.4) is 0 Å². The summed E-state index contributed by atoms with van der Waals surface area (Å²) in [7, 11) is 1.53. The minimum atomic E-state index is -1.14. The number of fused-ring (bicyclic) bond motifs is 2. The molecule has 31 heavy (non-hydrogen) atoms. The highest BCUT2D eigenvalue weighted by atomic mass is 35.5. The van der Waals surface area contributed by atoms with E-state index < -0.39 is 11.9 Å². The standard InChI is InChI=1S/C22H17ClN2O6/c1-29-16-5-11(6-17-21(16)31-10-30-17)14-8-18(26)24-19-15(22(27)28)9-25(20(14)19)13-4-2-3-12(23)7-13/h2-7,9,14H,8,10H2,1H3,(H,24,26)(H,27,28)/t14-/m1/s1. The quantitative estimate of drug-likeness (QED) is 0.635. The number of nitrogens with one attached hydrogen (secondary N) is 1. The lowest BCUT2D eigenvalue weighted by Crippen LogP contribution is -2.25. The predicted molar refractivity (Wildman–Crippen MR) is 112 cm³/mol. The molecule has 0 fully saturated rings. The lowest BCUT2D eigenvalue weighted by molar-refractivity contribution is -0.116. The van der Waals surface area contributed by atoms with Crippen LogP contribution in [0, 0.1) is 0 Å². The Hall–Kier alpha value is -3.65. The number of benzene rings is 2. The molecule has 0 bridgehead atoms. The summed E-state index contributed by atoms with van der Waals surface area (Å²) < 4.78 is 18.2.